The number of nitrogens with zero attached hydrogens (tertiary/aromatic N) is 1. The monoisotopic (exact) mass is 396 g/mol. The fourth-order valence-corrected chi connectivity index (χ4v) is 4.00. The molecule has 0 saturated heterocycles. The second-order valence-corrected chi connectivity index (χ2v) is 8.31. The lowest BCUT2D eigenvalue weighted by molar-refractivity contribution is -0.0498. The van der Waals surface area contributed by atoms with Crippen molar-refractivity contribution >= 4 is 21.4 Å². The molecule has 2 aromatic carbocycles. The van der Waals surface area contributed by atoms with E-state index in [9.17, 15) is 17.2 Å². The molecule has 1 aliphatic heterocycles. The summed E-state index contributed by atoms with van der Waals surface area (Å²) >= 11 is 0. The maximum Gasteiger partial charge on any atom is 0.387 e. The smallest absolute Gasteiger partial charge is 0.387 e. The Morgan fingerprint density at radius 3 is 2.48 bits per heavy atom. The third kappa shape index (κ3) is 4.32. The van der Waals surface area contributed by atoms with Gasteiger partial charge in [0, 0.05) is 24.0 Å². The van der Waals surface area contributed by atoms with E-state index in [-0.39, 0.29) is 17.5 Å². The van der Waals surface area contributed by atoms with Crippen LogP contribution in [-0.4, -0.2) is 27.3 Å². The Balaban J connectivity index is 1.83. The van der Waals surface area contributed by atoms with Gasteiger partial charge in [0.25, 0.3) is 0 Å². The molecule has 3 rings (SSSR count). The first-order chi connectivity index (χ1) is 12.8. The fourth-order valence-electron chi connectivity index (χ4n) is 3.36. The molecule has 5 nitrogen and oxygen atoms in total. The summed E-state index contributed by atoms with van der Waals surface area (Å²) < 4.78 is 55.4. The van der Waals surface area contributed by atoms with E-state index in [0.29, 0.717) is 12.2 Å². The van der Waals surface area contributed by atoms with Crippen LogP contribution in [0.5, 0.6) is 5.75 Å². The molecular weight excluding hydrogens is 374 g/mol. The Morgan fingerprint density at radius 1 is 1.19 bits per heavy atom. The summed E-state index contributed by atoms with van der Waals surface area (Å²) in [5.41, 5.74) is 3.51. The molecule has 8 heteroatoms. The number of ether oxygens (including phenoxy) is 1. The molecule has 0 amide bonds. The number of hydrogen-bond donors (Lipinski definition) is 1. The van der Waals surface area contributed by atoms with Gasteiger partial charge >= 0.3 is 6.61 Å². The molecular formula is C19H22F2N2O3S. The quantitative estimate of drug-likeness (QED) is 0.763. The first-order valence-corrected chi connectivity index (χ1v) is 10.4. The molecule has 2 aromatic rings. The van der Waals surface area contributed by atoms with Gasteiger partial charge in [-0.05, 0) is 49.6 Å². The van der Waals surface area contributed by atoms with Crippen LogP contribution in [0.2, 0.25) is 0 Å². The third-order valence-electron chi connectivity index (χ3n) is 4.67. The summed E-state index contributed by atoms with van der Waals surface area (Å²) in [5, 5.41) is 0. The van der Waals surface area contributed by atoms with Crippen LogP contribution in [0.4, 0.5) is 20.2 Å². The minimum atomic E-state index is -3.31. The Kier molecular flexibility index (Phi) is 5.55. The molecule has 27 heavy (non-hydrogen) atoms. The minimum Gasteiger partial charge on any atom is -0.435 e. The number of halogens is 2. The second kappa shape index (κ2) is 7.72. The van der Waals surface area contributed by atoms with E-state index < -0.39 is 16.6 Å². The van der Waals surface area contributed by atoms with E-state index >= 15 is 0 Å². The molecule has 1 N–H and O–H groups in total. The predicted octanol–water partition coefficient (Wildman–Crippen LogP) is 4.17. The van der Waals surface area contributed by atoms with E-state index in [0.717, 1.165) is 23.2 Å². The van der Waals surface area contributed by atoms with E-state index in [1.54, 1.807) is 31.2 Å². The van der Waals surface area contributed by atoms with Crippen molar-refractivity contribution in [2.24, 2.45) is 0 Å². The summed E-state index contributed by atoms with van der Waals surface area (Å²) in [6.45, 7) is 1.44. The Morgan fingerprint density at radius 2 is 1.89 bits per heavy atom. The molecule has 0 radical (unpaired) electrons. The summed E-state index contributed by atoms with van der Waals surface area (Å²) in [4.78, 5) is 2.14. The van der Waals surface area contributed by atoms with Crippen LogP contribution >= 0.6 is 0 Å². The normalized spacial score (nSPS) is 16.5. The van der Waals surface area contributed by atoms with E-state index in [4.69, 9.17) is 0 Å². The lowest BCUT2D eigenvalue weighted by Crippen LogP contribution is -2.24. The summed E-state index contributed by atoms with van der Waals surface area (Å²) in [6, 6.07) is 12.4. The molecule has 1 heterocycles. The number of anilines is 2. The highest BCUT2D eigenvalue weighted by Gasteiger charge is 2.30. The average Bonchev–Trinajstić information content (AvgIpc) is 2.99. The zero-order valence-electron chi connectivity index (χ0n) is 15.2. The zero-order chi connectivity index (χ0) is 19.6. The Labute approximate surface area is 158 Å². The van der Waals surface area contributed by atoms with Gasteiger partial charge in [-0.1, -0.05) is 18.2 Å². The van der Waals surface area contributed by atoms with E-state index in [1.807, 2.05) is 25.1 Å². The van der Waals surface area contributed by atoms with E-state index in [2.05, 4.69) is 14.4 Å². The van der Waals surface area contributed by atoms with Crippen molar-refractivity contribution in [2.45, 2.75) is 32.9 Å². The highest BCUT2D eigenvalue weighted by Crippen LogP contribution is 2.42. The number of benzene rings is 2. The fraction of sp³-hybridized carbons (Fsp3) is 0.368. The van der Waals surface area contributed by atoms with Crippen LogP contribution in [0.25, 0.3) is 0 Å². The highest BCUT2D eigenvalue weighted by molar-refractivity contribution is 7.92. The van der Waals surface area contributed by atoms with Gasteiger partial charge in [-0.15, -0.1) is 0 Å². The number of hydrogen-bond acceptors (Lipinski definition) is 4. The van der Waals surface area contributed by atoms with Crippen LogP contribution < -0.4 is 14.4 Å². The van der Waals surface area contributed by atoms with Gasteiger partial charge in [-0.2, -0.15) is 8.78 Å². The molecule has 0 spiro atoms. The summed E-state index contributed by atoms with van der Waals surface area (Å²) in [6.07, 6.45) is 0.748. The number of alkyl halides is 2. The lowest BCUT2D eigenvalue weighted by Gasteiger charge is -2.27. The van der Waals surface area contributed by atoms with Crippen molar-refractivity contribution in [3.05, 3.63) is 53.6 Å². The van der Waals surface area contributed by atoms with Crippen molar-refractivity contribution in [3.8, 4) is 5.75 Å². The highest BCUT2D eigenvalue weighted by atomic mass is 32.2. The molecule has 0 fully saturated rings. The minimum absolute atomic E-state index is 0.0132. The van der Waals surface area contributed by atoms with Gasteiger partial charge in [0.15, 0.2) is 0 Å². The van der Waals surface area contributed by atoms with Crippen molar-refractivity contribution in [1.82, 2.24) is 0 Å². The number of rotatable bonds is 7. The molecule has 0 aliphatic carbocycles. The molecule has 146 valence electrons. The van der Waals surface area contributed by atoms with Crippen molar-refractivity contribution in [1.29, 1.82) is 0 Å². The number of nitrogens with one attached hydrogen (secondary N) is 1. The maximum absolute atomic E-state index is 12.5. The molecule has 1 atom stereocenters. The van der Waals surface area contributed by atoms with Crippen LogP contribution in [0, 0.1) is 0 Å². The molecule has 1 unspecified atom stereocenters. The van der Waals surface area contributed by atoms with Gasteiger partial charge in [0.1, 0.15) is 5.75 Å². The Hall–Kier alpha value is -2.35. The van der Waals surface area contributed by atoms with Gasteiger partial charge in [0.05, 0.1) is 11.8 Å². The molecule has 0 saturated carbocycles. The van der Waals surface area contributed by atoms with Crippen molar-refractivity contribution in [3.63, 3.8) is 0 Å². The molecule has 0 bridgehead atoms. The largest absolute Gasteiger partial charge is 0.435 e. The maximum atomic E-state index is 12.5. The first-order valence-electron chi connectivity index (χ1n) is 8.77. The topological polar surface area (TPSA) is 58.6 Å². The van der Waals surface area contributed by atoms with Crippen molar-refractivity contribution in [2.75, 3.05) is 21.9 Å². The van der Waals surface area contributed by atoms with Gasteiger partial charge in [-0.3, -0.25) is 4.72 Å². The number of likely N-dealkylation sites (N-methyl/N-ethyl adjacent to an activating group) is 1. The zero-order valence-corrected chi connectivity index (χ0v) is 16.0. The van der Waals surface area contributed by atoms with Crippen LogP contribution in [-0.2, 0) is 16.4 Å². The van der Waals surface area contributed by atoms with Gasteiger partial charge < -0.3 is 9.64 Å². The lowest BCUT2D eigenvalue weighted by atomic mass is 10.0. The SMILES string of the molecule is CCN1c2cc(OC(F)F)ccc2CC1c1ccc(NS(=O)(=O)CC)cc1. The predicted molar refractivity (Wildman–Crippen MR) is 102 cm³/mol. The summed E-state index contributed by atoms with van der Waals surface area (Å²) in [7, 11) is -3.31. The average molecular weight is 396 g/mol. The van der Waals surface area contributed by atoms with Gasteiger partial charge in [-0.25, -0.2) is 8.42 Å². The first kappa shape index (κ1) is 19.4. The standard InChI is InChI=1S/C19H22F2N2O3S/c1-3-23-17(11-14-7-10-16(12-18(14)23)26-19(20)21)13-5-8-15(9-6-13)22-27(24,25)4-2/h5-10,12,17,19,22H,3-4,11H2,1-2H3. The number of fused-ring (bicyclic) bond motifs is 1. The van der Waals surface area contributed by atoms with Crippen LogP contribution in [0.1, 0.15) is 31.0 Å². The third-order valence-corrected chi connectivity index (χ3v) is 5.98. The van der Waals surface area contributed by atoms with Crippen LogP contribution in [0.15, 0.2) is 42.5 Å². The Bertz CT molecular complexity index is 902. The second-order valence-electron chi connectivity index (χ2n) is 6.30. The van der Waals surface area contributed by atoms with Crippen molar-refractivity contribution < 1.29 is 21.9 Å². The molecule has 0 aromatic heterocycles. The van der Waals surface area contributed by atoms with E-state index in [1.165, 1.54) is 0 Å². The van der Waals surface area contributed by atoms with Crippen LogP contribution in [0.3, 0.4) is 0 Å². The molecule has 1 aliphatic rings. The number of sulfonamides is 1. The van der Waals surface area contributed by atoms with Gasteiger partial charge in [0.2, 0.25) is 10.0 Å². The summed E-state index contributed by atoms with van der Waals surface area (Å²) in [5.74, 6) is 0.159.